The molecule has 3 rings (SSSR count). The zero-order chi connectivity index (χ0) is 19.1. The maximum atomic E-state index is 12.6. The Balaban J connectivity index is 1.91. The third-order valence-electron chi connectivity index (χ3n) is 4.04. The number of hydrogen-bond acceptors (Lipinski definition) is 5. The van der Waals surface area contributed by atoms with E-state index in [4.69, 9.17) is 5.73 Å². The van der Waals surface area contributed by atoms with Crippen molar-refractivity contribution in [3.8, 4) is 0 Å². The molecule has 0 saturated carbocycles. The SMILES string of the molecule is C[C@@H](C(=O)Nc1ccccc1C(N)=O)N1C(=O)c2ccccc2S1(=O)=O. The molecule has 3 amide bonds. The number of fused-ring (bicyclic) bond motifs is 1. The first-order chi connectivity index (χ1) is 12.2. The average molecular weight is 373 g/mol. The fourth-order valence-electron chi connectivity index (χ4n) is 2.74. The van der Waals surface area contributed by atoms with Crippen LogP contribution in [0.1, 0.15) is 27.6 Å². The van der Waals surface area contributed by atoms with Gasteiger partial charge >= 0.3 is 0 Å². The highest BCUT2D eigenvalue weighted by Crippen LogP contribution is 2.32. The molecule has 0 bridgehead atoms. The van der Waals surface area contributed by atoms with Gasteiger partial charge in [0, 0.05) is 0 Å². The van der Waals surface area contributed by atoms with Crippen molar-refractivity contribution in [2.24, 2.45) is 5.73 Å². The minimum Gasteiger partial charge on any atom is -0.366 e. The van der Waals surface area contributed by atoms with Gasteiger partial charge in [-0.05, 0) is 31.2 Å². The lowest BCUT2D eigenvalue weighted by Crippen LogP contribution is -2.45. The van der Waals surface area contributed by atoms with Crippen molar-refractivity contribution in [3.05, 3.63) is 59.7 Å². The Labute approximate surface area is 149 Å². The molecule has 0 aliphatic carbocycles. The third-order valence-corrected chi connectivity index (χ3v) is 5.95. The normalized spacial score (nSPS) is 16.0. The Morgan fingerprint density at radius 2 is 1.69 bits per heavy atom. The van der Waals surface area contributed by atoms with E-state index in [1.54, 1.807) is 18.2 Å². The molecule has 0 aromatic heterocycles. The minimum absolute atomic E-state index is 0.0182. The molecule has 0 fully saturated rings. The highest BCUT2D eigenvalue weighted by atomic mass is 32.2. The first-order valence-electron chi connectivity index (χ1n) is 7.62. The summed E-state index contributed by atoms with van der Waals surface area (Å²) >= 11 is 0. The van der Waals surface area contributed by atoms with Crippen molar-refractivity contribution in [1.29, 1.82) is 0 Å². The lowest BCUT2D eigenvalue weighted by Gasteiger charge is -2.22. The van der Waals surface area contributed by atoms with Gasteiger partial charge in [-0.1, -0.05) is 24.3 Å². The van der Waals surface area contributed by atoms with Gasteiger partial charge < -0.3 is 11.1 Å². The number of amides is 3. The number of nitrogens with two attached hydrogens (primary N) is 1. The van der Waals surface area contributed by atoms with E-state index < -0.39 is 33.8 Å². The molecule has 2 aromatic carbocycles. The number of para-hydroxylation sites is 1. The number of primary amides is 1. The topological polar surface area (TPSA) is 127 Å². The Morgan fingerprint density at radius 3 is 2.35 bits per heavy atom. The van der Waals surface area contributed by atoms with E-state index in [1.165, 1.54) is 37.3 Å². The van der Waals surface area contributed by atoms with Crippen LogP contribution in [0.2, 0.25) is 0 Å². The third kappa shape index (κ3) is 2.72. The van der Waals surface area contributed by atoms with Crippen LogP contribution in [-0.4, -0.2) is 36.5 Å². The van der Waals surface area contributed by atoms with Crippen LogP contribution in [0, 0.1) is 0 Å². The quantitative estimate of drug-likeness (QED) is 0.825. The lowest BCUT2D eigenvalue weighted by molar-refractivity contribution is -0.118. The monoisotopic (exact) mass is 373 g/mol. The van der Waals surface area contributed by atoms with Crippen molar-refractivity contribution in [2.45, 2.75) is 17.9 Å². The minimum atomic E-state index is -4.13. The Morgan fingerprint density at radius 1 is 1.08 bits per heavy atom. The van der Waals surface area contributed by atoms with Gasteiger partial charge in [0.25, 0.3) is 21.8 Å². The van der Waals surface area contributed by atoms with Gasteiger partial charge in [0.15, 0.2) is 0 Å². The summed E-state index contributed by atoms with van der Waals surface area (Å²) in [4.78, 5) is 36.3. The molecule has 8 nitrogen and oxygen atoms in total. The van der Waals surface area contributed by atoms with Crippen LogP contribution in [0.25, 0.3) is 0 Å². The van der Waals surface area contributed by atoms with Crippen LogP contribution in [0.3, 0.4) is 0 Å². The summed E-state index contributed by atoms with van der Waals surface area (Å²) in [6, 6.07) is 10.5. The largest absolute Gasteiger partial charge is 0.366 e. The van der Waals surface area contributed by atoms with Crippen molar-refractivity contribution < 1.29 is 22.8 Å². The van der Waals surface area contributed by atoms with Crippen LogP contribution in [0.4, 0.5) is 5.69 Å². The lowest BCUT2D eigenvalue weighted by atomic mass is 10.1. The second-order valence-corrected chi connectivity index (χ2v) is 7.46. The Kier molecular flexibility index (Phi) is 4.25. The van der Waals surface area contributed by atoms with E-state index in [1.807, 2.05) is 0 Å². The number of carbonyl (C=O) groups excluding carboxylic acids is 3. The summed E-state index contributed by atoms with van der Waals surface area (Å²) in [6.45, 7) is 1.30. The van der Waals surface area contributed by atoms with E-state index in [2.05, 4.69) is 5.32 Å². The van der Waals surface area contributed by atoms with Gasteiger partial charge in [-0.25, -0.2) is 12.7 Å². The Bertz CT molecular complexity index is 1030. The summed E-state index contributed by atoms with van der Waals surface area (Å²) < 4.78 is 25.8. The summed E-state index contributed by atoms with van der Waals surface area (Å²) in [5, 5.41) is 2.46. The molecular weight excluding hydrogens is 358 g/mol. The smallest absolute Gasteiger partial charge is 0.269 e. The molecule has 26 heavy (non-hydrogen) atoms. The zero-order valence-corrected chi connectivity index (χ0v) is 14.5. The van der Waals surface area contributed by atoms with E-state index >= 15 is 0 Å². The molecule has 9 heteroatoms. The predicted molar refractivity (Wildman–Crippen MR) is 92.8 cm³/mol. The maximum Gasteiger partial charge on any atom is 0.269 e. The predicted octanol–water partition coefficient (Wildman–Crippen LogP) is 0.957. The summed E-state index contributed by atoms with van der Waals surface area (Å²) in [5.74, 6) is -2.28. The van der Waals surface area contributed by atoms with E-state index in [0.29, 0.717) is 4.31 Å². The fraction of sp³-hybridized carbons (Fsp3) is 0.118. The summed E-state index contributed by atoms with van der Waals surface area (Å²) in [6.07, 6.45) is 0. The average Bonchev–Trinajstić information content (AvgIpc) is 2.81. The number of carbonyl (C=O) groups is 3. The van der Waals surface area contributed by atoms with Crippen LogP contribution in [0.15, 0.2) is 53.4 Å². The highest BCUT2D eigenvalue weighted by molar-refractivity contribution is 7.90. The van der Waals surface area contributed by atoms with Gasteiger partial charge in [0.2, 0.25) is 5.91 Å². The summed E-state index contributed by atoms with van der Waals surface area (Å²) in [7, 11) is -4.13. The number of rotatable bonds is 4. The van der Waals surface area contributed by atoms with E-state index in [-0.39, 0.29) is 21.7 Å². The van der Waals surface area contributed by atoms with Crippen molar-refractivity contribution in [2.75, 3.05) is 5.32 Å². The second kappa shape index (κ2) is 6.26. The fourth-order valence-corrected chi connectivity index (χ4v) is 4.46. The molecule has 0 saturated heterocycles. The molecule has 134 valence electrons. The molecule has 3 N–H and O–H groups in total. The molecule has 0 spiro atoms. The van der Waals surface area contributed by atoms with Crippen molar-refractivity contribution in [1.82, 2.24) is 4.31 Å². The molecule has 1 atom stereocenters. The van der Waals surface area contributed by atoms with Gasteiger partial charge in [-0.2, -0.15) is 0 Å². The zero-order valence-electron chi connectivity index (χ0n) is 13.7. The van der Waals surface area contributed by atoms with Crippen LogP contribution < -0.4 is 11.1 Å². The molecule has 0 unspecified atom stereocenters. The molecule has 1 aliphatic heterocycles. The van der Waals surface area contributed by atoms with Crippen molar-refractivity contribution in [3.63, 3.8) is 0 Å². The van der Waals surface area contributed by atoms with Crippen molar-refractivity contribution >= 4 is 33.4 Å². The standard InChI is InChI=1S/C17H15N3O5S/c1-10(16(22)19-13-8-4-2-6-11(13)15(18)21)20-17(23)12-7-3-5-9-14(12)26(20,24)25/h2-10H,1H3,(H2,18,21)(H,19,22)/t10-/m0/s1. The second-order valence-electron chi connectivity index (χ2n) is 5.68. The van der Waals surface area contributed by atoms with E-state index in [0.717, 1.165) is 0 Å². The number of benzene rings is 2. The van der Waals surface area contributed by atoms with Crippen LogP contribution in [0.5, 0.6) is 0 Å². The number of hydrogen-bond donors (Lipinski definition) is 2. The maximum absolute atomic E-state index is 12.6. The molecule has 0 radical (unpaired) electrons. The van der Waals surface area contributed by atoms with E-state index in [9.17, 15) is 22.8 Å². The van der Waals surface area contributed by atoms with Gasteiger partial charge in [-0.3, -0.25) is 14.4 Å². The molecule has 1 heterocycles. The number of nitrogens with one attached hydrogen (secondary N) is 1. The molecule has 2 aromatic rings. The summed E-state index contributed by atoms with van der Waals surface area (Å²) in [5.41, 5.74) is 5.49. The first kappa shape index (κ1) is 17.6. The molecule has 1 aliphatic rings. The van der Waals surface area contributed by atoms with Crippen LogP contribution in [-0.2, 0) is 14.8 Å². The number of anilines is 1. The number of sulfonamides is 1. The molecular formula is C17H15N3O5S. The van der Waals surface area contributed by atoms with Gasteiger partial charge in [0.05, 0.1) is 16.8 Å². The number of nitrogens with zero attached hydrogens (tertiary/aromatic N) is 1. The Hall–Kier alpha value is -3.20. The van der Waals surface area contributed by atoms with Gasteiger partial charge in [0.1, 0.15) is 10.9 Å². The first-order valence-corrected chi connectivity index (χ1v) is 9.06. The van der Waals surface area contributed by atoms with Crippen LogP contribution >= 0.6 is 0 Å². The van der Waals surface area contributed by atoms with Gasteiger partial charge in [-0.15, -0.1) is 0 Å². The highest BCUT2D eigenvalue weighted by Gasteiger charge is 2.45.